The van der Waals surface area contributed by atoms with Gasteiger partial charge in [0.2, 0.25) is 17.6 Å². The number of carbonyl (C=O) groups excluding carboxylic acids is 2. The maximum atomic E-state index is 13.0. The van der Waals surface area contributed by atoms with Crippen molar-refractivity contribution in [2.24, 2.45) is 0 Å². The van der Waals surface area contributed by atoms with Crippen LogP contribution in [0.3, 0.4) is 0 Å². The van der Waals surface area contributed by atoms with Gasteiger partial charge < -0.3 is 26.3 Å². The molecule has 212 valence electrons. The van der Waals surface area contributed by atoms with Gasteiger partial charge in [-0.15, -0.1) is 0 Å². The second-order valence-corrected chi connectivity index (χ2v) is 9.98. The van der Waals surface area contributed by atoms with Crippen molar-refractivity contribution in [2.45, 2.75) is 45.7 Å². The van der Waals surface area contributed by atoms with E-state index < -0.39 is 4.92 Å². The Labute approximate surface area is 233 Å². The number of benzene rings is 1. The number of nitrogens with one attached hydrogen (secondary N) is 3. The van der Waals surface area contributed by atoms with Crippen LogP contribution in [0.5, 0.6) is 0 Å². The van der Waals surface area contributed by atoms with Gasteiger partial charge in [-0.05, 0) is 36.5 Å². The summed E-state index contributed by atoms with van der Waals surface area (Å²) in [5.74, 6) is 0.192. The Balaban J connectivity index is 1.39. The monoisotopic (exact) mass is 548 g/mol. The largest absolute Gasteiger partial charge is 0.378 e. The van der Waals surface area contributed by atoms with Crippen LogP contribution in [-0.2, 0) is 22.6 Å². The molecular formula is C28H36N8O4. The summed E-state index contributed by atoms with van der Waals surface area (Å²) in [5, 5.41) is 20.1. The summed E-state index contributed by atoms with van der Waals surface area (Å²) in [6.45, 7) is 6.54. The minimum Gasteiger partial charge on any atom is -0.378 e. The van der Waals surface area contributed by atoms with Crippen molar-refractivity contribution >= 4 is 34.8 Å². The van der Waals surface area contributed by atoms with Gasteiger partial charge in [-0.1, -0.05) is 31.2 Å². The summed E-state index contributed by atoms with van der Waals surface area (Å²) < 4.78 is 2.04. The number of nitrogen functional groups attached to an aromatic ring is 1. The van der Waals surface area contributed by atoms with E-state index in [1.54, 1.807) is 0 Å². The number of likely N-dealkylation sites (tertiary alicyclic amines) is 1. The highest BCUT2D eigenvalue weighted by Gasteiger charge is 2.25. The van der Waals surface area contributed by atoms with E-state index in [4.69, 9.17) is 5.73 Å². The fourth-order valence-corrected chi connectivity index (χ4v) is 4.86. The molecule has 1 saturated heterocycles. The molecule has 1 aliphatic rings. The summed E-state index contributed by atoms with van der Waals surface area (Å²) in [7, 11) is 0. The molecule has 12 heteroatoms. The fraction of sp³-hybridized carbons (Fsp3) is 0.393. The van der Waals surface area contributed by atoms with E-state index >= 15 is 0 Å². The average Bonchev–Trinajstić information content (AvgIpc) is 3.52. The van der Waals surface area contributed by atoms with Crippen LogP contribution in [0.2, 0.25) is 0 Å². The highest BCUT2D eigenvalue weighted by molar-refractivity contribution is 5.96. The molecule has 0 radical (unpaired) electrons. The number of pyridine rings is 1. The van der Waals surface area contributed by atoms with E-state index in [-0.39, 0.29) is 35.9 Å². The lowest BCUT2D eigenvalue weighted by molar-refractivity contribution is -0.384. The number of aromatic nitrogens is 2. The molecular weight excluding hydrogens is 512 g/mol. The lowest BCUT2D eigenvalue weighted by Crippen LogP contribution is -2.37. The Hall–Kier alpha value is -4.45. The molecule has 3 heterocycles. The molecule has 1 atom stereocenters. The summed E-state index contributed by atoms with van der Waals surface area (Å²) in [4.78, 5) is 40.8. The minimum absolute atomic E-state index is 0.0558. The molecule has 0 spiro atoms. The number of hydrogen-bond acceptors (Lipinski definition) is 8. The number of aryl methyl sites for hydroxylation is 2. The van der Waals surface area contributed by atoms with Gasteiger partial charge in [-0.2, -0.15) is 0 Å². The molecule has 5 N–H and O–H groups in total. The Morgan fingerprint density at radius 3 is 2.62 bits per heavy atom. The Kier molecular flexibility index (Phi) is 9.33. The van der Waals surface area contributed by atoms with Gasteiger partial charge in [0.25, 0.3) is 0 Å². The number of hydrogen-bond donors (Lipinski definition) is 4. The predicted octanol–water partition coefficient (Wildman–Crippen LogP) is 3.25. The van der Waals surface area contributed by atoms with Gasteiger partial charge >= 0.3 is 5.69 Å². The van der Waals surface area contributed by atoms with E-state index in [9.17, 15) is 19.7 Å². The van der Waals surface area contributed by atoms with Crippen LogP contribution in [0.1, 0.15) is 32.3 Å². The SMILES string of the molecule is CCc1ccc(-c2cn(CCCNc3ccc([N+](=O)[O-])c(N)n3)cc2NC(=O)CN2CC[C@@H](NC(C)=O)C2)cc1. The molecule has 40 heavy (non-hydrogen) atoms. The Bertz CT molecular complexity index is 1350. The average molecular weight is 549 g/mol. The predicted molar refractivity (Wildman–Crippen MR) is 155 cm³/mol. The number of nitrogens with two attached hydrogens (primary N) is 1. The van der Waals surface area contributed by atoms with Crippen LogP contribution in [0, 0.1) is 10.1 Å². The number of carbonyl (C=O) groups is 2. The van der Waals surface area contributed by atoms with Gasteiger partial charge in [0.05, 0.1) is 17.2 Å². The van der Waals surface area contributed by atoms with E-state index in [0.29, 0.717) is 25.5 Å². The van der Waals surface area contributed by atoms with Crippen molar-refractivity contribution in [1.29, 1.82) is 0 Å². The molecule has 1 fully saturated rings. The third kappa shape index (κ3) is 7.56. The van der Waals surface area contributed by atoms with Crippen LogP contribution < -0.4 is 21.7 Å². The number of amides is 2. The molecule has 4 rings (SSSR count). The van der Waals surface area contributed by atoms with Crippen molar-refractivity contribution in [3.8, 4) is 11.1 Å². The van der Waals surface area contributed by atoms with Gasteiger partial charge in [0, 0.05) is 63.2 Å². The van der Waals surface area contributed by atoms with Crippen molar-refractivity contribution in [3.63, 3.8) is 0 Å². The van der Waals surface area contributed by atoms with Crippen molar-refractivity contribution < 1.29 is 14.5 Å². The number of anilines is 3. The third-order valence-corrected chi connectivity index (χ3v) is 6.87. The molecule has 0 unspecified atom stereocenters. The second-order valence-electron chi connectivity index (χ2n) is 9.98. The summed E-state index contributed by atoms with van der Waals surface area (Å²) >= 11 is 0. The first-order valence-electron chi connectivity index (χ1n) is 13.4. The summed E-state index contributed by atoms with van der Waals surface area (Å²) in [5.41, 5.74) is 9.39. The zero-order valence-corrected chi connectivity index (χ0v) is 22.9. The van der Waals surface area contributed by atoms with E-state index in [1.807, 2.05) is 21.9 Å². The molecule has 3 aromatic rings. The fourth-order valence-electron chi connectivity index (χ4n) is 4.86. The topological polar surface area (TPSA) is 160 Å². The quantitative estimate of drug-likeness (QED) is 0.152. The second kappa shape index (κ2) is 13.1. The first-order chi connectivity index (χ1) is 19.2. The first kappa shape index (κ1) is 28.6. The Morgan fingerprint density at radius 2 is 1.95 bits per heavy atom. The minimum atomic E-state index is -0.560. The van der Waals surface area contributed by atoms with E-state index in [1.165, 1.54) is 24.6 Å². The molecule has 12 nitrogen and oxygen atoms in total. The molecule has 0 bridgehead atoms. The molecule has 1 aromatic carbocycles. The number of nitrogens with zero attached hydrogens (tertiary/aromatic N) is 4. The van der Waals surface area contributed by atoms with Crippen LogP contribution >= 0.6 is 0 Å². The van der Waals surface area contributed by atoms with Gasteiger partial charge in [-0.3, -0.25) is 24.6 Å². The standard InChI is InChI=1S/C28H36N8O4/c1-3-20-5-7-21(8-6-20)23-16-34(13-4-12-30-26-10-9-25(36(39)40)28(29)33-26)17-24(23)32-27(38)18-35-14-11-22(15-35)31-19(2)37/h5-10,16-17,22H,3-4,11-15,18H2,1-2H3,(H,31,37)(H,32,38)(H3,29,30,33)/t22-/m1/s1. The number of nitro groups is 1. The zero-order valence-electron chi connectivity index (χ0n) is 22.9. The van der Waals surface area contributed by atoms with Crippen LogP contribution in [-0.4, -0.2) is 63.4 Å². The molecule has 0 saturated carbocycles. The van der Waals surface area contributed by atoms with Crippen LogP contribution in [0.25, 0.3) is 11.1 Å². The van der Waals surface area contributed by atoms with E-state index in [2.05, 4.69) is 52.1 Å². The Morgan fingerprint density at radius 1 is 1.18 bits per heavy atom. The van der Waals surface area contributed by atoms with Crippen molar-refractivity contribution in [2.75, 3.05) is 42.5 Å². The van der Waals surface area contributed by atoms with E-state index in [0.717, 1.165) is 42.6 Å². The normalized spacial score (nSPS) is 15.1. The third-order valence-electron chi connectivity index (χ3n) is 6.87. The maximum Gasteiger partial charge on any atom is 0.311 e. The molecule has 2 aromatic heterocycles. The molecule has 1 aliphatic heterocycles. The lowest BCUT2D eigenvalue weighted by Gasteiger charge is -2.16. The zero-order chi connectivity index (χ0) is 28.6. The first-order valence-corrected chi connectivity index (χ1v) is 13.4. The highest BCUT2D eigenvalue weighted by Crippen LogP contribution is 2.30. The van der Waals surface area contributed by atoms with Crippen molar-refractivity contribution in [1.82, 2.24) is 19.8 Å². The summed E-state index contributed by atoms with van der Waals surface area (Å²) in [6, 6.07) is 11.3. The van der Waals surface area contributed by atoms with Gasteiger partial charge in [-0.25, -0.2) is 4.98 Å². The maximum absolute atomic E-state index is 13.0. The number of rotatable bonds is 12. The molecule has 0 aliphatic carbocycles. The lowest BCUT2D eigenvalue weighted by atomic mass is 10.0. The molecule has 2 amide bonds. The van der Waals surface area contributed by atoms with Crippen LogP contribution in [0.4, 0.5) is 23.0 Å². The smallest absolute Gasteiger partial charge is 0.311 e. The van der Waals surface area contributed by atoms with Crippen molar-refractivity contribution in [3.05, 3.63) is 64.5 Å². The van der Waals surface area contributed by atoms with Gasteiger partial charge in [0.1, 0.15) is 5.82 Å². The van der Waals surface area contributed by atoms with Crippen LogP contribution in [0.15, 0.2) is 48.8 Å². The highest BCUT2D eigenvalue weighted by atomic mass is 16.6. The summed E-state index contributed by atoms with van der Waals surface area (Å²) in [6.07, 6.45) is 6.48. The van der Waals surface area contributed by atoms with Gasteiger partial charge in [0.15, 0.2) is 0 Å².